The lowest BCUT2D eigenvalue weighted by atomic mass is 10.2. The summed E-state index contributed by atoms with van der Waals surface area (Å²) in [4.78, 5) is 11.4. The van der Waals surface area contributed by atoms with Gasteiger partial charge < -0.3 is 14.8 Å². The highest BCUT2D eigenvalue weighted by molar-refractivity contribution is 5.77. The number of hydrogen-bond acceptors (Lipinski definition) is 3. The van der Waals surface area contributed by atoms with Crippen molar-refractivity contribution in [3.8, 4) is 11.5 Å². The Bertz CT molecular complexity index is 348. The maximum Gasteiger partial charge on any atom is 0.258 e. The van der Waals surface area contributed by atoms with Crippen LogP contribution in [0.25, 0.3) is 0 Å². The fourth-order valence-electron chi connectivity index (χ4n) is 1.24. The predicted molar refractivity (Wildman–Crippen MR) is 66.4 cm³/mol. The second-order valence-corrected chi connectivity index (χ2v) is 3.84. The number of hydrogen-bond donors (Lipinski definition) is 1. The summed E-state index contributed by atoms with van der Waals surface area (Å²) in [5, 5.41) is 2.83. The van der Waals surface area contributed by atoms with Gasteiger partial charge in [-0.3, -0.25) is 4.79 Å². The van der Waals surface area contributed by atoms with Gasteiger partial charge in [0.25, 0.3) is 5.91 Å². The summed E-state index contributed by atoms with van der Waals surface area (Å²) in [6.07, 6.45) is 0.911. The zero-order valence-corrected chi connectivity index (χ0v) is 10.5. The molecule has 1 aromatic carbocycles. The van der Waals surface area contributed by atoms with Gasteiger partial charge in [-0.25, -0.2) is 0 Å². The van der Waals surface area contributed by atoms with Crippen LogP contribution in [0, 0.1) is 0 Å². The van der Waals surface area contributed by atoms with Gasteiger partial charge in [0.1, 0.15) is 11.5 Å². The number of carbonyl (C=O) groups is 1. The van der Waals surface area contributed by atoms with Crippen LogP contribution in [0.2, 0.25) is 0 Å². The van der Waals surface area contributed by atoms with E-state index in [1.165, 1.54) is 0 Å². The molecule has 0 saturated heterocycles. The van der Waals surface area contributed by atoms with E-state index in [1.54, 1.807) is 31.4 Å². The third-order valence-corrected chi connectivity index (χ3v) is 2.45. The molecule has 4 heteroatoms. The molecule has 4 nitrogen and oxygen atoms in total. The van der Waals surface area contributed by atoms with Gasteiger partial charge in [0, 0.05) is 6.04 Å². The van der Waals surface area contributed by atoms with Crippen molar-refractivity contribution in [2.75, 3.05) is 13.7 Å². The molecule has 1 rings (SSSR count). The van der Waals surface area contributed by atoms with Gasteiger partial charge in [-0.15, -0.1) is 0 Å². The van der Waals surface area contributed by atoms with Crippen molar-refractivity contribution >= 4 is 5.91 Å². The fourth-order valence-corrected chi connectivity index (χ4v) is 1.24. The minimum atomic E-state index is -0.102. The highest BCUT2D eigenvalue weighted by Gasteiger charge is 2.06. The molecule has 0 unspecified atom stereocenters. The molecule has 0 aliphatic heterocycles. The van der Waals surface area contributed by atoms with Crippen LogP contribution in [0.1, 0.15) is 20.3 Å². The van der Waals surface area contributed by atoms with Gasteiger partial charge in [0.15, 0.2) is 6.61 Å². The van der Waals surface area contributed by atoms with E-state index in [2.05, 4.69) is 5.32 Å². The molecule has 0 fully saturated rings. The first-order valence-electron chi connectivity index (χ1n) is 5.72. The molecule has 0 bridgehead atoms. The first-order chi connectivity index (χ1) is 8.15. The molecule has 0 aromatic heterocycles. The fraction of sp³-hybridized carbons (Fsp3) is 0.462. The van der Waals surface area contributed by atoms with Crippen LogP contribution < -0.4 is 14.8 Å². The van der Waals surface area contributed by atoms with Crippen molar-refractivity contribution < 1.29 is 14.3 Å². The Morgan fingerprint density at radius 2 is 1.88 bits per heavy atom. The lowest BCUT2D eigenvalue weighted by Crippen LogP contribution is -2.35. The van der Waals surface area contributed by atoms with Gasteiger partial charge in [0.05, 0.1) is 7.11 Å². The first kappa shape index (κ1) is 13.4. The van der Waals surface area contributed by atoms with E-state index < -0.39 is 0 Å². The van der Waals surface area contributed by atoms with Crippen LogP contribution in [-0.2, 0) is 4.79 Å². The third kappa shape index (κ3) is 4.76. The molecular formula is C13H19NO3. The van der Waals surface area contributed by atoms with Crippen molar-refractivity contribution in [1.82, 2.24) is 5.32 Å². The monoisotopic (exact) mass is 237 g/mol. The van der Waals surface area contributed by atoms with Crippen molar-refractivity contribution in [2.45, 2.75) is 26.3 Å². The summed E-state index contributed by atoms with van der Waals surface area (Å²) in [5.41, 5.74) is 0. The van der Waals surface area contributed by atoms with Gasteiger partial charge in [0.2, 0.25) is 0 Å². The molecular weight excluding hydrogens is 218 g/mol. The highest BCUT2D eigenvalue weighted by Crippen LogP contribution is 2.16. The molecule has 0 aliphatic carbocycles. The van der Waals surface area contributed by atoms with Crippen molar-refractivity contribution in [2.24, 2.45) is 0 Å². The molecule has 1 N–H and O–H groups in total. The molecule has 1 aromatic rings. The Balaban J connectivity index is 2.36. The normalized spacial score (nSPS) is 11.7. The quantitative estimate of drug-likeness (QED) is 0.823. The molecule has 0 radical (unpaired) electrons. The molecule has 0 spiro atoms. The van der Waals surface area contributed by atoms with E-state index >= 15 is 0 Å². The lowest BCUT2D eigenvalue weighted by Gasteiger charge is -2.12. The smallest absolute Gasteiger partial charge is 0.258 e. The Morgan fingerprint density at radius 3 is 2.41 bits per heavy atom. The van der Waals surface area contributed by atoms with Crippen molar-refractivity contribution in [3.05, 3.63) is 24.3 Å². The number of carbonyl (C=O) groups excluding carboxylic acids is 1. The van der Waals surface area contributed by atoms with Crippen molar-refractivity contribution in [3.63, 3.8) is 0 Å². The highest BCUT2D eigenvalue weighted by atomic mass is 16.5. The Labute approximate surface area is 102 Å². The summed E-state index contributed by atoms with van der Waals surface area (Å²) >= 11 is 0. The van der Waals surface area contributed by atoms with Gasteiger partial charge in [-0.2, -0.15) is 0 Å². The summed E-state index contributed by atoms with van der Waals surface area (Å²) < 4.78 is 10.4. The van der Waals surface area contributed by atoms with Gasteiger partial charge in [-0.1, -0.05) is 6.92 Å². The van der Waals surface area contributed by atoms with Crippen LogP contribution >= 0.6 is 0 Å². The van der Waals surface area contributed by atoms with Crippen molar-refractivity contribution in [1.29, 1.82) is 0 Å². The maximum absolute atomic E-state index is 11.4. The third-order valence-electron chi connectivity index (χ3n) is 2.45. The second kappa shape index (κ2) is 6.78. The number of amides is 1. The van der Waals surface area contributed by atoms with E-state index in [4.69, 9.17) is 9.47 Å². The van der Waals surface area contributed by atoms with Crippen LogP contribution in [0.5, 0.6) is 11.5 Å². The van der Waals surface area contributed by atoms with E-state index in [-0.39, 0.29) is 18.6 Å². The summed E-state index contributed by atoms with van der Waals surface area (Å²) in [5.74, 6) is 1.32. The van der Waals surface area contributed by atoms with E-state index in [9.17, 15) is 4.79 Å². The van der Waals surface area contributed by atoms with E-state index in [0.29, 0.717) is 5.75 Å². The molecule has 0 heterocycles. The Hall–Kier alpha value is -1.71. The average Bonchev–Trinajstić information content (AvgIpc) is 2.36. The molecule has 0 aliphatic rings. The number of rotatable bonds is 6. The minimum Gasteiger partial charge on any atom is -0.497 e. The summed E-state index contributed by atoms with van der Waals surface area (Å²) in [6, 6.07) is 7.32. The van der Waals surface area contributed by atoms with E-state index in [0.717, 1.165) is 12.2 Å². The SMILES string of the molecule is CC[C@H](C)NC(=O)COc1ccc(OC)cc1. The zero-order valence-electron chi connectivity index (χ0n) is 10.5. The number of ether oxygens (including phenoxy) is 2. The Morgan fingerprint density at radius 1 is 1.29 bits per heavy atom. The average molecular weight is 237 g/mol. The summed E-state index contributed by atoms with van der Waals surface area (Å²) in [6.45, 7) is 4.03. The standard InChI is InChI=1S/C13H19NO3/c1-4-10(2)14-13(15)9-17-12-7-5-11(16-3)6-8-12/h5-8,10H,4,9H2,1-3H3,(H,14,15)/t10-/m0/s1. The van der Waals surface area contributed by atoms with Gasteiger partial charge in [-0.05, 0) is 37.6 Å². The van der Waals surface area contributed by atoms with Crippen LogP contribution in [0.15, 0.2) is 24.3 Å². The molecule has 17 heavy (non-hydrogen) atoms. The Kier molecular flexibility index (Phi) is 5.33. The van der Waals surface area contributed by atoms with E-state index in [1.807, 2.05) is 13.8 Å². The van der Waals surface area contributed by atoms with Crippen LogP contribution in [0.4, 0.5) is 0 Å². The minimum absolute atomic E-state index is 0.0384. The molecule has 1 amide bonds. The second-order valence-electron chi connectivity index (χ2n) is 3.84. The predicted octanol–water partition coefficient (Wildman–Crippen LogP) is 1.99. The molecule has 1 atom stereocenters. The summed E-state index contributed by atoms with van der Waals surface area (Å²) in [7, 11) is 1.61. The number of nitrogens with one attached hydrogen (secondary N) is 1. The molecule has 94 valence electrons. The van der Waals surface area contributed by atoms with Gasteiger partial charge >= 0.3 is 0 Å². The largest absolute Gasteiger partial charge is 0.497 e. The van der Waals surface area contributed by atoms with Crippen LogP contribution in [-0.4, -0.2) is 25.7 Å². The zero-order chi connectivity index (χ0) is 12.7. The lowest BCUT2D eigenvalue weighted by molar-refractivity contribution is -0.123. The van der Waals surface area contributed by atoms with Crippen LogP contribution in [0.3, 0.4) is 0 Å². The maximum atomic E-state index is 11.4. The first-order valence-corrected chi connectivity index (χ1v) is 5.72. The number of methoxy groups -OCH3 is 1. The number of benzene rings is 1. The topological polar surface area (TPSA) is 47.6 Å². The molecule has 0 saturated carbocycles.